The molecule has 0 unspecified atom stereocenters. The van der Waals surface area contributed by atoms with E-state index in [1.807, 2.05) is 30.3 Å². The van der Waals surface area contributed by atoms with E-state index in [0.29, 0.717) is 6.61 Å². The number of hydrogen-bond donors (Lipinski definition) is 0. The van der Waals surface area contributed by atoms with Crippen molar-refractivity contribution in [3.05, 3.63) is 43.0 Å². The van der Waals surface area contributed by atoms with Crippen molar-refractivity contribution in [2.75, 3.05) is 6.61 Å². The number of para-hydroxylation sites is 1. The first-order valence-corrected chi connectivity index (χ1v) is 3.15. The smallest absolute Gasteiger partial charge is 0.119 e. The van der Waals surface area contributed by atoms with E-state index in [1.165, 1.54) is 6.55 Å². The van der Waals surface area contributed by atoms with Gasteiger partial charge >= 0.3 is 0 Å². The zero-order valence-electron chi connectivity index (χ0n) is 6.66. The van der Waals surface area contributed by atoms with Crippen LogP contribution < -0.4 is 4.74 Å². The first-order chi connectivity index (χ1) is 5.43. The summed E-state index contributed by atoms with van der Waals surface area (Å²) in [5, 5.41) is 0. The van der Waals surface area contributed by atoms with Gasteiger partial charge in [-0.05, 0) is 12.1 Å². The molecular formula is C9H10O. The lowest BCUT2D eigenvalue weighted by atomic mass is 10.3. The van der Waals surface area contributed by atoms with E-state index in [4.69, 9.17) is 6.11 Å². The maximum absolute atomic E-state index is 6.71. The molecule has 0 saturated heterocycles. The molecule has 0 aliphatic heterocycles. The zero-order chi connectivity index (χ0) is 7.94. The minimum Gasteiger partial charge on any atom is -0.490 e. The molecule has 1 aromatic rings. The third-order valence-corrected chi connectivity index (χ3v) is 1.09. The number of hydrogen-bond acceptors (Lipinski definition) is 1. The summed E-state index contributed by atoms with van der Waals surface area (Å²) in [5.74, 6) is 0.839. The van der Waals surface area contributed by atoms with Crippen LogP contribution in [0.25, 0.3) is 0 Å². The standard InChI is InChI=1S/C9H10O/c1-2-8-10-9-6-4-3-5-7-9/h2-7H,1,8H2/i1D. The highest BCUT2D eigenvalue weighted by molar-refractivity contribution is 5.20. The molecule has 1 nitrogen and oxygen atoms in total. The van der Waals surface area contributed by atoms with Crippen molar-refractivity contribution in [1.29, 1.82) is 0 Å². The summed E-state index contributed by atoms with van der Waals surface area (Å²) in [6.07, 6.45) is 1.65. The van der Waals surface area contributed by atoms with Gasteiger partial charge in [-0.2, -0.15) is 0 Å². The van der Waals surface area contributed by atoms with Crippen LogP contribution in [-0.4, -0.2) is 6.61 Å². The summed E-state index contributed by atoms with van der Waals surface area (Å²) in [5.41, 5.74) is 0. The molecule has 0 saturated carbocycles. The van der Waals surface area contributed by atoms with Gasteiger partial charge in [-0.15, -0.1) is 0 Å². The molecule has 1 aromatic carbocycles. The van der Waals surface area contributed by atoms with Crippen molar-refractivity contribution in [2.24, 2.45) is 0 Å². The fraction of sp³-hybridized carbons (Fsp3) is 0.111. The van der Waals surface area contributed by atoms with Gasteiger partial charge in [0.25, 0.3) is 0 Å². The fourth-order valence-corrected chi connectivity index (χ4v) is 0.661. The van der Waals surface area contributed by atoms with Crippen molar-refractivity contribution in [2.45, 2.75) is 0 Å². The van der Waals surface area contributed by atoms with Crippen LogP contribution in [0.1, 0.15) is 1.37 Å². The molecule has 0 heterocycles. The minimum atomic E-state index is 0.466. The second-order valence-electron chi connectivity index (χ2n) is 1.86. The van der Waals surface area contributed by atoms with Crippen LogP contribution in [0.3, 0.4) is 0 Å². The van der Waals surface area contributed by atoms with Crippen LogP contribution in [-0.2, 0) is 0 Å². The molecule has 1 rings (SSSR count). The van der Waals surface area contributed by atoms with Crippen LogP contribution in [0.2, 0.25) is 0 Å². The Labute approximate surface area is 62.4 Å². The van der Waals surface area contributed by atoms with Crippen LogP contribution >= 0.6 is 0 Å². The van der Waals surface area contributed by atoms with Crippen molar-refractivity contribution in [3.63, 3.8) is 0 Å². The van der Waals surface area contributed by atoms with E-state index in [9.17, 15) is 0 Å². The Morgan fingerprint density at radius 3 is 3.00 bits per heavy atom. The first-order valence-electron chi connectivity index (χ1n) is 3.72. The predicted octanol–water partition coefficient (Wildman–Crippen LogP) is 2.25. The lowest BCUT2D eigenvalue weighted by Gasteiger charge is -1.99. The summed E-state index contributed by atoms with van der Waals surface area (Å²) in [6, 6.07) is 9.54. The largest absolute Gasteiger partial charge is 0.490 e. The summed E-state index contributed by atoms with van der Waals surface area (Å²) < 4.78 is 11.9. The first kappa shape index (κ1) is 5.54. The van der Waals surface area contributed by atoms with Gasteiger partial charge in [-0.1, -0.05) is 30.8 Å². The topological polar surface area (TPSA) is 9.23 Å². The van der Waals surface area contributed by atoms with Crippen molar-refractivity contribution in [1.82, 2.24) is 0 Å². The SMILES string of the molecule is [2H]C=CCOc1ccccc1. The Morgan fingerprint density at radius 2 is 2.30 bits per heavy atom. The molecule has 0 N–H and O–H groups in total. The third kappa shape index (κ3) is 1.94. The molecule has 0 spiro atoms. The van der Waals surface area contributed by atoms with Gasteiger partial charge in [0.15, 0.2) is 0 Å². The monoisotopic (exact) mass is 135 g/mol. The molecule has 0 atom stereocenters. The van der Waals surface area contributed by atoms with Crippen molar-refractivity contribution in [3.8, 4) is 5.75 Å². The quantitative estimate of drug-likeness (QED) is 0.577. The van der Waals surface area contributed by atoms with Gasteiger partial charge in [0.05, 0.1) is 1.37 Å². The molecular weight excluding hydrogens is 124 g/mol. The Hall–Kier alpha value is -1.24. The average molecular weight is 135 g/mol. The minimum absolute atomic E-state index is 0.466. The Kier molecular flexibility index (Phi) is 2.06. The second kappa shape index (κ2) is 3.72. The normalized spacial score (nSPS) is 11.4. The van der Waals surface area contributed by atoms with E-state index in [0.717, 1.165) is 5.75 Å². The summed E-state index contributed by atoms with van der Waals surface area (Å²) in [4.78, 5) is 0. The Bertz CT molecular complexity index is 218. The Morgan fingerprint density at radius 1 is 1.50 bits per heavy atom. The molecule has 0 aliphatic rings. The van der Waals surface area contributed by atoms with E-state index in [-0.39, 0.29) is 0 Å². The lowest BCUT2D eigenvalue weighted by molar-refractivity contribution is 0.363. The highest BCUT2D eigenvalue weighted by atomic mass is 16.5. The van der Waals surface area contributed by atoms with Crippen LogP contribution in [0.15, 0.2) is 43.0 Å². The molecule has 0 radical (unpaired) electrons. The maximum atomic E-state index is 6.71. The molecule has 0 aliphatic carbocycles. The number of ether oxygens (including phenoxy) is 1. The van der Waals surface area contributed by atoms with Crippen LogP contribution in [0, 0.1) is 0 Å². The highest BCUT2D eigenvalue weighted by Gasteiger charge is 1.84. The van der Waals surface area contributed by atoms with Crippen molar-refractivity contribution >= 4 is 0 Å². The van der Waals surface area contributed by atoms with E-state index in [2.05, 4.69) is 0 Å². The van der Waals surface area contributed by atoms with E-state index in [1.54, 1.807) is 6.08 Å². The van der Waals surface area contributed by atoms with Gasteiger partial charge in [0.2, 0.25) is 0 Å². The van der Waals surface area contributed by atoms with E-state index >= 15 is 0 Å². The lowest BCUT2D eigenvalue weighted by Crippen LogP contribution is -1.91. The van der Waals surface area contributed by atoms with E-state index < -0.39 is 0 Å². The molecule has 1 heteroatoms. The molecule has 10 heavy (non-hydrogen) atoms. The number of benzene rings is 1. The van der Waals surface area contributed by atoms with Gasteiger partial charge in [0.1, 0.15) is 12.4 Å². The summed E-state index contributed by atoms with van der Waals surface area (Å²) in [7, 11) is 0. The molecule has 0 fully saturated rings. The van der Waals surface area contributed by atoms with Gasteiger partial charge in [0, 0.05) is 0 Å². The second-order valence-corrected chi connectivity index (χ2v) is 1.86. The Balaban J connectivity index is 2.39. The van der Waals surface area contributed by atoms with Crippen LogP contribution in [0.5, 0.6) is 5.75 Å². The van der Waals surface area contributed by atoms with Crippen LogP contribution in [0.4, 0.5) is 0 Å². The average Bonchev–Trinajstić information content (AvgIpc) is 2.07. The zero-order valence-corrected chi connectivity index (χ0v) is 5.66. The van der Waals surface area contributed by atoms with Gasteiger partial charge in [-0.3, -0.25) is 0 Å². The summed E-state index contributed by atoms with van der Waals surface area (Å²) >= 11 is 0. The highest BCUT2D eigenvalue weighted by Crippen LogP contribution is 2.07. The number of rotatable bonds is 3. The molecule has 52 valence electrons. The van der Waals surface area contributed by atoms with Crippen molar-refractivity contribution < 1.29 is 6.11 Å². The maximum Gasteiger partial charge on any atom is 0.119 e. The molecule has 0 bridgehead atoms. The molecule has 0 amide bonds. The van der Waals surface area contributed by atoms with Gasteiger partial charge < -0.3 is 4.74 Å². The van der Waals surface area contributed by atoms with Gasteiger partial charge in [-0.25, -0.2) is 0 Å². The fourth-order valence-electron chi connectivity index (χ4n) is 0.661. The molecule has 0 aromatic heterocycles. The predicted molar refractivity (Wildman–Crippen MR) is 42.1 cm³/mol. The third-order valence-electron chi connectivity index (χ3n) is 1.09. The summed E-state index contributed by atoms with van der Waals surface area (Å²) in [6.45, 7) is 1.69.